The number of aromatic nitrogens is 3. The van der Waals surface area contributed by atoms with Crippen molar-refractivity contribution in [3.8, 4) is 22.4 Å². The van der Waals surface area contributed by atoms with Gasteiger partial charge in [0.15, 0.2) is 0 Å². The molecule has 0 saturated carbocycles. The molecule has 0 aliphatic carbocycles. The monoisotopic (exact) mass is 444 g/mol. The van der Waals surface area contributed by atoms with Gasteiger partial charge in [-0.05, 0) is 61.0 Å². The Morgan fingerprint density at radius 3 is 2.48 bits per heavy atom. The quantitative estimate of drug-likeness (QED) is 0.406. The third-order valence-corrected chi connectivity index (χ3v) is 4.91. The number of amides is 3. The van der Waals surface area contributed by atoms with Crippen LogP contribution in [0.25, 0.3) is 22.4 Å². The Hall–Kier alpha value is -4.53. The molecule has 9 heteroatoms. The standard InChI is InChI=1S/C24H21FN6O2/c1-2-31-14-20(22(30-31)16-10-11-27-21(13-16)23(26)32)15-4-3-5-19(12-15)29-24(33)28-18-8-6-17(25)7-9-18/h3-14H,2H2,1H3,(H2,26,32)(H2,28,29,33). The van der Waals surface area contributed by atoms with E-state index in [1.807, 2.05) is 31.3 Å². The number of hydrogen-bond acceptors (Lipinski definition) is 4. The molecule has 2 aromatic carbocycles. The van der Waals surface area contributed by atoms with E-state index in [0.717, 1.165) is 11.1 Å². The summed E-state index contributed by atoms with van der Waals surface area (Å²) in [5.74, 6) is -0.999. The summed E-state index contributed by atoms with van der Waals surface area (Å²) in [4.78, 5) is 27.9. The number of nitrogens with zero attached hydrogens (tertiary/aromatic N) is 3. The van der Waals surface area contributed by atoms with Crippen LogP contribution in [0.3, 0.4) is 0 Å². The predicted molar refractivity (Wildman–Crippen MR) is 124 cm³/mol. The summed E-state index contributed by atoms with van der Waals surface area (Å²) >= 11 is 0. The van der Waals surface area contributed by atoms with E-state index >= 15 is 0 Å². The van der Waals surface area contributed by atoms with E-state index in [1.165, 1.54) is 30.5 Å². The maximum Gasteiger partial charge on any atom is 0.323 e. The van der Waals surface area contributed by atoms with Crippen molar-refractivity contribution in [2.45, 2.75) is 13.5 Å². The summed E-state index contributed by atoms with van der Waals surface area (Å²) in [6.07, 6.45) is 3.42. The normalized spacial score (nSPS) is 10.6. The van der Waals surface area contributed by atoms with E-state index in [0.29, 0.717) is 29.2 Å². The number of carbonyl (C=O) groups excluding carboxylic acids is 2. The molecule has 0 fully saturated rings. The van der Waals surface area contributed by atoms with Gasteiger partial charge in [-0.3, -0.25) is 14.5 Å². The highest BCUT2D eigenvalue weighted by Crippen LogP contribution is 2.32. The van der Waals surface area contributed by atoms with Crippen LogP contribution in [0.5, 0.6) is 0 Å². The zero-order chi connectivity index (χ0) is 23.4. The molecular formula is C24H21FN6O2. The number of pyridine rings is 1. The molecule has 4 N–H and O–H groups in total. The average molecular weight is 444 g/mol. The third kappa shape index (κ3) is 5.04. The minimum absolute atomic E-state index is 0.150. The minimum Gasteiger partial charge on any atom is -0.364 e. The van der Waals surface area contributed by atoms with Crippen LogP contribution >= 0.6 is 0 Å². The number of halogens is 1. The fourth-order valence-electron chi connectivity index (χ4n) is 3.31. The molecule has 33 heavy (non-hydrogen) atoms. The average Bonchev–Trinajstić information content (AvgIpc) is 3.25. The zero-order valence-corrected chi connectivity index (χ0v) is 17.7. The summed E-state index contributed by atoms with van der Waals surface area (Å²) in [5, 5.41) is 10.1. The summed E-state index contributed by atoms with van der Waals surface area (Å²) < 4.78 is 14.8. The summed E-state index contributed by atoms with van der Waals surface area (Å²) in [6.45, 7) is 2.62. The molecule has 0 saturated heterocycles. The molecule has 0 atom stereocenters. The maximum atomic E-state index is 13.1. The van der Waals surface area contributed by atoms with Gasteiger partial charge >= 0.3 is 6.03 Å². The first-order valence-corrected chi connectivity index (χ1v) is 10.2. The Morgan fingerprint density at radius 1 is 1.00 bits per heavy atom. The van der Waals surface area contributed by atoms with Crippen LogP contribution < -0.4 is 16.4 Å². The van der Waals surface area contributed by atoms with E-state index in [2.05, 4.69) is 20.7 Å². The van der Waals surface area contributed by atoms with Gasteiger partial charge in [-0.15, -0.1) is 0 Å². The number of carbonyl (C=O) groups is 2. The zero-order valence-electron chi connectivity index (χ0n) is 17.7. The van der Waals surface area contributed by atoms with Gasteiger partial charge in [0.2, 0.25) is 0 Å². The van der Waals surface area contributed by atoms with Gasteiger partial charge in [-0.1, -0.05) is 12.1 Å². The molecular weight excluding hydrogens is 423 g/mol. The lowest BCUT2D eigenvalue weighted by atomic mass is 10.0. The van der Waals surface area contributed by atoms with Crippen molar-refractivity contribution in [3.05, 3.63) is 84.6 Å². The molecule has 166 valence electrons. The van der Waals surface area contributed by atoms with Crippen molar-refractivity contribution in [1.29, 1.82) is 0 Å². The molecule has 0 aliphatic heterocycles. The molecule has 0 unspecified atom stereocenters. The highest BCUT2D eigenvalue weighted by Gasteiger charge is 2.15. The lowest BCUT2D eigenvalue weighted by Crippen LogP contribution is -2.19. The first-order valence-electron chi connectivity index (χ1n) is 10.2. The van der Waals surface area contributed by atoms with Crippen molar-refractivity contribution in [3.63, 3.8) is 0 Å². The molecule has 3 amide bonds. The highest BCUT2D eigenvalue weighted by atomic mass is 19.1. The number of nitrogens with two attached hydrogens (primary N) is 1. The Bertz CT molecular complexity index is 1320. The largest absolute Gasteiger partial charge is 0.364 e. The van der Waals surface area contributed by atoms with Crippen molar-refractivity contribution in [2.75, 3.05) is 10.6 Å². The second kappa shape index (κ2) is 9.31. The molecule has 0 radical (unpaired) electrons. The Balaban J connectivity index is 1.62. The van der Waals surface area contributed by atoms with Crippen LogP contribution in [-0.2, 0) is 6.54 Å². The van der Waals surface area contributed by atoms with Crippen molar-refractivity contribution < 1.29 is 14.0 Å². The topological polar surface area (TPSA) is 115 Å². The fraction of sp³-hybridized carbons (Fsp3) is 0.0833. The number of rotatable bonds is 6. The summed E-state index contributed by atoms with van der Waals surface area (Å²) in [7, 11) is 0. The van der Waals surface area contributed by atoms with E-state index in [-0.39, 0.29) is 11.5 Å². The molecule has 4 rings (SSSR count). The number of primary amides is 1. The van der Waals surface area contributed by atoms with E-state index in [9.17, 15) is 14.0 Å². The number of anilines is 2. The van der Waals surface area contributed by atoms with Crippen molar-refractivity contribution >= 4 is 23.3 Å². The molecule has 2 heterocycles. The number of aryl methyl sites for hydroxylation is 1. The number of urea groups is 1. The van der Waals surface area contributed by atoms with Crippen molar-refractivity contribution in [1.82, 2.24) is 14.8 Å². The van der Waals surface area contributed by atoms with Crippen molar-refractivity contribution in [2.24, 2.45) is 5.73 Å². The van der Waals surface area contributed by atoms with Crippen LogP contribution in [0.4, 0.5) is 20.6 Å². The Kier molecular flexibility index (Phi) is 6.12. The molecule has 2 aromatic heterocycles. The number of hydrogen-bond donors (Lipinski definition) is 3. The van der Waals surface area contributed by atoms with Crippen LogP contribution in [0.1, 0.15) is 17.4 Å². The second-order valence-corrected chi connectivity index (χ2v) is 7.21. The fourth-order valence-corrected chi connectivity index (χ4v) is 3.31. The van der Waals surface area contributed by atoms with Crippen LogP contribution in [0, 0.1) is 5.82 Å². The lowest BCUT2D eigenvalue weighted by Gasteiger charge is -2.09. The molecule has 0 aliphatic rings. The molecule has 0 bridgehead atoms. The smallest absolute Gasteiger partial charge is 0.323 e. The Labute approximate surface area is 189 Å². The van der Waals surface area contributed by atoms with Gasteiger partial charge in [-0.25, -0.2) is 9.18 Å². The summed E-state index contributed by atoms with van der Waals surface area (Å²) in [6, 6.07) is 15.7. The minimum atomic E-state index is -0.619. The molecule has 8 nitrogen and oxygen atoms in total. The first-order chi connectivity index (χ1) is 15.9. The second-order valence-electron chi connectivity index (χ2n) is 7.21. The van der Waals surface area contributed by atoms with E-state index in [1.54, 1.807) is 22.9 Å². The summed E-state index contributed by atoms with van der Waals surface area (Å²) in [5.41, 5.74) is 9.57. The number of nitrogens with one attached hydrogen (secondary N) is 2. The highest BCUT2D eigenvalue weighted by molar-refractivity contribution is 6.00. The Morgan fingerprint density at radius 2 is 1.76 bits per heavy atom. The van der Waals surface area contributed by atoms with Gasteiger partial charge in [-0.2, -0.15) is 5.10 Å². The van der Waals surface area contributed by atoms with Crippen LogP contribution in [0.15, 0.2) is 73.1 Å². The van der Waals surface area contributed by atoms with Crippen LogP contribution in [0.2, 0.25) is 0 Å². The SMILES string of the molecule is CCn1cc(-c2cccc(NC(=O)Nc3ccc(F)cc3)c2)c(-c2ccnc(C(N)=O)c2)n1. The first kappa shape index (κ1) is 21.7. The maximum absolute atomic E-state index is 13.1. The number of benzene rings is 2. The van der Waals surface area contributed by atoms with Gasteiger partial charge in [0.1, 0.15) is 17.2 Å². The van der Waals surface area contributed by atoms with Gasteiger partial charge in [0.05, 0.1) is 0 Å². The van der Waals surface area contributed by atoms with Crippen LogP contribution in [-0.4, -0.2) is 26.7 Å². The van der Waals surface area contributed by atoms with E-state index < -0.39 is 11.9 Å². The van der Waals surface area contributed by atoms with Gasteiger partial charge in [0.25, 0.3) is 5.91 Å². The lowest BCUT2D eigenvalue weighted by molar-refractivity contribution is 0.0995. The molecule has 4 aromatic rings. The molecule has 0 spiro atoms. The third-order valence-electron chi connectivity index (χ3n) is 4.91. The predicted octanol–water partition coefficient (Wildman–Crippen LogP) is 4.51. The van der Waals surface area contributed by atoms with Gasteiger partial charge < -0.3 is 16.4 Å². The van der Waals surface area contributed by atoms with E-state index in [4.69, 9.17) is 5.73 Å². The van der Waals surface area contributed by atoms with Gasteiger partial charge in [0, 0.05) is 41.4 Å².